The van der Waals surface area contributed by atoms with Gasteiger partial charge in [0, 0.05) is 0 Å². The number of anilines is 1. The van der Waals surface area contributed by atoms with Gasteiger partial charge in [-0.15, -0.1) is 11.1 Å². The van der Waals surface area contributed by atoms with Gasteiger partial charge < -0.3 is 5.73 Å². The Morgan fingerprint density at radius 1 is 0.900 bits per heavy atom. The van der Waals surface area contributed by atoms with Crippen LogP contribution in [0.15, 0.2) is 6.07 Å². The van der Waals surface area contributed by atoms with E-state index in [0.29, 0.717) is 11.4 Å². The quantitative estimate of drug-likeness (QED) is 0.589. The molecular formula is C16H24N2Si2. The minimum atomic E-state index is -1.43. The topological polar surface area (TPSA) is 38.9 Å². The number of nitrogen functional groups attached to an aromatic ring is 1. The Balaban J connectivity index is 3.28. The summed E-state index contributed by atoms with van der Waals surface area (Å²) in [4.78, 5) is 4.55. The molecule has 1 heterocycles. The zero-order valence-electron chi connectivity index (χ0n) is 13.6. The number of hydrogen-bond donors (Lipinski definition) is 1. The standard InChI is InChI=1S/C16H24N2Si2/c1-13-12-14(17)16(9-11-20(5,6)7)18-15(13)8-10-19(2,3)4/h12H,17H2,1-7H3. The Hall–Kier alpha value is -1.50. The van der Waals surface area contributed by atoms with Crippen molar-refractivity contribution in [3.05, 3.63) is 23.0 Å². The minimum absolute atomic E-state index is 0.645. The van der Waals surface area contributed by atoms with Gasteiger partial charge >= 0.3 is 0 Å². The first-order valence-corrected chi connectivity index (χ1v) is 13.8. The van der Waals surface area contributed by atoms with Crippen LogP contribution in [-0.2, 0) is 0 Å². The van der Waals surface area contributed by atoms with Crippen molar-refractivity contribution in [2.75, 3.05) is 5.73 Å². The molecule has 0 aromatic carbocycles. The molecule has 0 fully saturated rings. The van der Waals surface area contributed by atoms with Gasteiger partial charge in [0.25, 0.3) is 0 Å². The molecule has 2 N–H and O–H groups in total. The Morgan fingerprint density at radius 3 is 1.80 bits per heavy atom. The molecule has 1 aromatic rings. The van der Waals surface area contributed by atoms with Crippen LogP contribution in [0, 0.1) is 29.9 Å². The molecule has 0 spiro atoms. The predicted octanol–water partition coefficient (Wildman–Crippen LogP) is 3.43. The first-order valence-electron chi connectivity index (χ1n) is 6.81. The number of nitrogens with zero attached hydrogens (tertiary/aromatic N) is 1. The Labute approximate surface area is 125 Å². The Bertz CT molecular complexity index is 574. The highest BCUT2D eigenvalue weighted by atomic mass is 28.3. The Kier molecular flexibility index (Phi) is 4.86. The van der Waals surface area contributed by atoms with Crippen molar-refractivity contribution in [3.63, 3.8) is 0 Å². The van der Waals surface area contributed by atoms with Gasteiger partial charge in [0.15, 0.2) is 0 Å². The molecule has 20 heavy (non-hydrogen) atoms. The van der Waals surface area contributed by atoms with E-state index in [9.17, 15) is 0 Å². The number of pyridine rings is 1. The first-order chi connectivity index (χ1) is 8.98. The molecule has 1 rings (SSSR count). The molecule has 0 aliphatic heterocycles. The van der Waals surface area contributed by atoms with Crippen molar-refractivity contribution in [1.82, 2.24) is 4.98 Å². The second kappa shape index (κ2) is 5.87. The maximum atomic E-state index is 6.01. The number of aromatic nitrogens is 1. The molecule has 0 unspecified atom stereocenters. The third kappa shape index (κ3) is 5.65. The van der Waals surface area contributed by atoms with Crippen molar-refractivity contribution >= 4 is 21.8 Å². The van der Waals surface area contributed by atoms with E-state index in [1.807, 2.05) is 13.0 Å². The van der Waals surface area contributed by atoms with Crippen molar-refractivity contribution in [3.8, 4) is 22.9 Å². The molecule has 0 bridgehead atoms. The smallest absolute Gasteiger partial charge is 0.137 e. The molecule has 1 aromatic heterocycles. The van der Waals surface area contributed by atoms with Crippen molar-refractivity contribution in [2.45, 2.75) is 46.2 Å². The summed E-state index contributed by atoms with van der Waals surface area (Å²) in [5, 5.41) is 0. The zero-order chi connectivity index (χ0) is 15.6. The lowest BCUT2D eigenvalue weighted by molar-refractivity contribution is 1.21. The van der Waals surface area contributed by atoms with E-state index < -0.39 is 16.1 Å². The number of hydrogen-bond acceptors (Lipinski definition) is 2. The fraction of sp³-hybridized carbons (Fsp3) is 0.438. The molecule has 0 radical (unpaired) electrons. The van der Waals surface area contributed by atoms with Gasteiger partial charge in [-0.1, -0.05) is 51.1 Å². The lowest BCUT2D eigenvalue weighted by atomic mass is 10.2. The number of nitrogens with two attached hydrogens (primary N) is 1. The van der Waals surface area contributed by atoms with Crippen molar-refractivity contribution in [2.24, 2.45) is 0 Å². The summed E-state index contributed by atoms with van der Waals surface area (Å²) >= 11 is 0. The molecular weight excluding hydrogens is 276 g/mol. The lowest BCUT2D eigenvalue weighted by Crippen LogP contribution is -2.17. The summed E-state index contributed by atoms with van der Waals surface area (Å²) in [5.41, 5.74) is 15.8. The maximum absolute atomic E-state index is 6.01. The summed E-state index contributed by atoms with van der Waals surface area (Å²) in [6.45, 7) is 15.3. The van der Waals surface area contributed by atoms with Gasteiger partial charge in [-0.3, -0.25) is 0 Å². The molecule has 4 heteroatoms. The van der Waals surface area contributed by atoms with Gasteiger partial charge in [-0.05, 0) is 18.6 Å². The summed E-state index contributed by atoms with van der Waals surface area (Å²) in [7, 11) is -2.83. The lowest BCUT2D eigenvalue weighted by Gasteiger charge is -2.07. The second-order valence-corrected chi connectivity index (χ2v) is 16.6. The second-order valence-electron chi connectivity index (χ2n) is 7.09. The largest absolute Gasteiger partial charge is 0.396 e. The minimum Gasteiger partial charge on any atom is -0.396 e. The predicted molar refractivity (Wildman–Crippen MR) is 93.8 cm³/mol. The summed E-state index contributed by atoms with van der Waals surface area (Å²) in [6, 6.07) is 1.93. The molecule has 106 valence electrons. The first kappa shape index (κ1) is 16.6. The highest BCUT2D eigenvalue weighted by Gasteiger charge is 2.10. The van der Waals surface area contributed by atoms with E-state index in [2.05, 4.69) is 67.2 Å². The molecule has 2 nitrogen and oxygen atoms in total. The van der Waals surface area contributed by atoms with Gasteiger partial charge in [0.05, 0.1) is 5.69 Å². The van der Waals surface area contributed by atoms with E-state index in [4.69, 9.17) is 5.73 Å². The van der Waals surface area contributed by atoms with Gasteiger partial charge in [-0.25, -0.2) is 4.98 Å². The van der Waals surface area contributed by atoms with Gasteiger partial charge in [0.2, 0.25) is 0 Å². The van der Waals surface area contributed by atoms with E-state index >= 15 is 0 Å². The fourth-order valence-electron chi connectivity index (χ4n) is 1.35. The van der Waals surface area contributed by atoms with Crippen LogP contribution in [0.2, 0.25) is 39.3 Å². The molecule has 0 saturated heterocycles. The number of aryl methyl sites for hydroxylation is 1. The van der Waals surface area contributed by atoms with E-state index in [1.54, 1.807) is 0 Å². The average molecular weight is 301 g/mol. The van der Waals surface area contributed by atoms with Crippen LogP contribution in [0.4, 0.5) is 5.69 Å². The molecule has 0 aliphatic rings. The van der Waals surface area contributed by atoms with Crippen LogP contribution in [0.3, 0.4) is 0 Å². The molecule has 0 atom stereocenters. The summed E-state index contributed by atoms with van der Waals surface area (Å²) in [6.07, 6.45) is 0. The Morgan fingerprint density at radius 2 is 1.35 bits per heavy atom. The highest BCUT2D eigenvalue weighted by Crippen LogP contribution is 2.14. The van der Waals surface area contributed by atoms with E-state index in [1.165, 1.54) is 0 Å². The third-order valence-corrected chi connectivity index (χ3v) is 4.10. The van der Waals surface area contributed by atoms with Crippen molar-refractivity contribution < 1.29 is 0 Å². The molecule has 0 amide bonds. The monoisotopic (exact) mass is 300 g/mol. The third-order valence-electron chi connectivity index (χ3n) is 2.35. The SMILES string of the molecule is Cc1cc(N)c(C#C[Si](C)(C)C)nc1C#C[Si](C)(C)C. The van der Waals surface area contributed by atoms with Crippen molar-refractivity contribution in [1.29, 1.82) is 0 Å². The summed E-state index contributed by atoms with van der Waals surface area (Å²) < 4.78 is 0. The van der Waals surface area contributed by atoms with Gasteiger partial charge in [0.1, 0.15) is 27.5 Å². The maximum Gasteiger partial charge on any atom is 0.137 e. The average Bonchev–Trinajstić information content (AvgIpc) is 2.24. The van der Waals surface area contributed by atoms with E-state index in [-0.39, 0.29) is 0 Å². The molecule has 0 saturated carbocycles. The highest BCUT2D eigenvalue weighted by molar-refractivity contribution is 6.84. The van der Waals surface area contributed by atoms with Crippen LogP contribution in [0.1, 0.15) is 17.0 Å². The fourth-order valence-corrected chi connectivity index (χ4v) is 2.34. The van der Waals surface area contributed by atoms with Gasteiger partial charge in [-0.2, -0.15) is 0 Å². The van der Waals surface area contributed by atoms with Crippen LogP contribution in [-0.4, -0.2) is 21.1 Å². The van der Waals surface area contributed by atoms with Crippen LogP contribution < -0.4 is 5.73 Å². The van der Waals surface area contributed by atoms with Crippen LogP contribution in [0.25, 0.3) is 0 Å². The molecule has 0 aliphatic carbocycles. The normalized spacial score (nSPS) is 11.2. The number of rotatable bonds is 0. The van der Waals surface area contributed by atoms with Crippen LogP contribution >= 0.6 is 0 Å². The van der Waals surface area contributed by atoms with E-state index in [0.717, 1.165) is 11.3 Å². The zero-order valence-corrected chi connectivity index (χ0v) is 15.6. The van der Waals surface area contributed by atoms with Crippen LogP contribution in [0.5, 0.6) is 0 Å². The summed E-state index contributed by atoms with van der Waals surface area (Å²) in [5.74, 6) is 6.34.